The maximum absolute atomic E-state index is 11.8. The van der Waals surface area contributed by atoms with E-state index in [1.165, 1.54) is 0 Å². The molecule has 4 rings (SSSR count). The smallest absolute Gasteiger partial charge is 0.324 e. The first-order valence-corrected chi connectivity index (χ1v) is 7.41. The molecule has 1 saturated heterocycles. The van der Waals surface area contributed by atoms with Crippen LogP contribution in [0.15, 0.2) is 42.6 Å². The zero-order valence-electron chi connectivity index (χ0n) is 12.6. The van der Waals surface area contributed by atoms with E-state index in [-0.39, 0.29) is 19.0 Å². The number of pyridine rings is 1. The van der Waals surface area contributed by atoms with Gasteiger partial charge in [-0.15, -0.1) is 0 Å². The quantitative estimate of drug-likeness (QED) is 0.701. The van der Waals surface area contributed by atoms with Gasteiger partial charge in [0.25, 0.3) is 0 Å². The first-order chi connectivity index (χ1) is 11.6. The van der Waals surface area contributed by atoms with E-state index < -0.39 is 6.03 Å². The molecule has 0 unspecified atom stereocenters. The van der Waals surface area contributed by atoms with Crippen molar-refractivity contribution in [2.24, 2.45) is 0 Å². The summed E-state index contributed by atoms with van der Waals surface area (Å²) in [5.41, 5.74) is 8.83. The Labute approximate surface area is 136 Å². The number of imide groups is 1. The van der Waals surface area contributed by atoms with Crippen molar-refractivity contribution < 1.29 is 9.59 Å². The lowest BCUT2D eigenvalue weighted by Crippen LogP contribution is -2.30. The fourth-order valence-electron chi connectivity index (χ4n) is 2.73. The average Bonchev–Trinajstić information content (AvgIpc) is 3.11. The minimum atomic E-state index is -0.402. The molecule has 3 N–H and O–H groups in total. The maximum atomic E-state index is 11.8. The van der Waals surface area contributed by atoms with E-state index >= 15 is 0 Å². The minimum Gasteiger partial charge on any atom is -0.382 e. The summed E-state index contributed by atoms with van der Waals surface area (Å²) in [5.74, 6) is 0.149. The van der Waals surface area contributed by atoms with Crippen molar-refractivity contribution in [2.75, 3.05) is 12.3 Å². The van der Waals surface area contributed by atoms with Crippen LogP contribution in [-0.4, -0.2) is 38.1 Å². The summed E-state index contributed by atoms with van der Waals surface area (Å²) in [7, 11) is 0. The molecule has 0 atom stereocenters. The standard InChI is InChI=1S/C16H14N6O2/c17-15-14-13(20-22(15)11-4-2-1-3-5-11)10(6-7-18-14)9-21-12(23)8-19-16(21)24/h1-7H,8-9,17H2,(H,19,24). The zero-order valence-corrected chi connectivity index (χ0v) is 12.6. The van der Waals surface area contributed by atoms with Crippen LogP contribution in [0.2, 0.25) is 0 Å². The van der Waals surface area contributed by atoms with Gasteiger partial charge < -0.3 is 11.1 Å². The van der Waals surface area contributed by atoms with Crippen molar-refractivity contribution in [3.63, 3.8) is 0 Å². The molecular weight excluding hydrogens is 308 g/mol. The van der Waals surface area contributed by atoms with Gasteiger partial charge in [-0.3, -0.25) is 14.7 Å². The van der Waals surface area contributed by atoms with Crippen LogP contribution in [0.3, 0.4) is 0 Å². The molecule has 3 heterocycles. The number of aromatic nitrogens is 3. The predicted molar refractivity (Wildman–Crippen MR) is 87.2 cm³/mol. The fraction of sp³-hybridized carbons (Fsp3) is 0.125. The van der Waals surface area contributed by atoms with Gasteiger partial charge in [-0.05, 0) is 18.2 Å². The third-order valence-electron chi connectivity index (χ3n) is 3.94. The summed E-state index contributed by atoms with van der Waals surface area (Å²) in [5, 5.41) is 7.04. The number of nitrogens with one attached hydrogen (secondary N) is 1. The molecule has 3 amide bonds. The van der Waals surface area contributed by atoms with Crippen LogP contribution in [-0.2, 0) is 11.3 Å². The van der Waals surface area contributed by atoms with Crippen LogP contribution in [0, 0.1) is 0 Å². The lowest BCUT2D eigenvalue weighted by atomic mass is 10.2. The molecule has 0 aliphatic carbocycles. The van der Waals surface area contributed by atoms with Gasteiger partial charge in [0.05, 0.1) is 18.8 Å². The normalized spacial score (nSPS) is 14.4. The molecule has 24 heavy (non-hydrogen) atoms. The summed E-state index contributed by atoms with van der Waals surface area (Å²) in [4.78, 5) is 29.0. The van der Waals surface area contributed by atoms with Gasteiger partial charge in [0.2, 0.25) is 5.91 Å². The number of benzene rings is 1. The molecule has 8 nitrogen and oxygen atoms in total. The molecule has 2 aromatic heterocycles. The number of hydrogen-bond acceptors (Lipinski definition) is 5. The van der Waals surface area contributed by atoms with E-state index in [4.69, 9.17) is 5.73 Å². The van der Waals surface area contributed by atoms with Crippen molar-refractivity contribution in [2.45, 2.75) is 6.54 Å². The van der Waals surface area contributed by atoms with E-state index in [0.29, 0.717) is 22.4 Å². The Morgan fingerprint density at radius 1 is 1.12 bits per heavy atom. The molecule has 0 saturated carbocycles. The number of nitrogens with zero attached hydrogens (tertiary/aromatic N) is 4. The third kappa shape index (κ3) is 2.16. The number of nitrogens with two attached hydrogens (primary N) is 1. The van der Waals surface area contributed by atoms with Crippen LogP contribution in [0.4, 0.5) is 10.6 Å². The molecule has 0 bridgehead atoms. The van der Waals surface area contributed by atoms with Gasteiger partial charge >= 0.3 is 6.03 Å². The highest BCUT2D eigenvalue weighted by molar-refractivity contribution is 6.02. The topological polar surface area (TPSA) is 106 Å². The van der Waals surface area contributed by atoms with Crippen molar-refractivity contribution >= 4 is 28.8 Å². The third-order valence-corrected chi connectivity index (χ3v) is 3.94. The highest BCUT2D eigenvalue weighted by Crippen LogP contribution is 2.25. The van der Waals surface area contributed by atoms with Crippen LogP contribution in [0.1, 0.15) is 5.56 Å². The Bertz CT molecular complexity index is 934. The Kier molecular flexibility index (Phi) is 3.16. The molecule has 1 aliphatic heterocycles. The predicted octanol–water partition coefficient (Wildman–Crippen LogP) is 1.05. The molecule has 1 aliphatic rings. The Morgan fingerprint density at radius 3 is 2.62 bits per heavy atom. The van der Waals surface area contributed by atoms with Crippen LogP contribution in [0.25, 0.3) is 16.7 Å². The highest BCUT2D eigenvalue weighted by Gasteiger charge is 2.29. The first kappa shape index (κ1) is 14.2. The van der Waals surface area contributed by atoms with Gasteiger partial charge in [0.1, 0.15) is 11.0 Å². The van der Waals surface area contributed by atoms with Gasteiger partial charge in [-0.25, -0.2) is 9.48 Å². The van der Waals surface area contributed by atoms with E-state index in [1.54, 1.807) is 16.9 Å². The maximum Gasteiger partial charge on any atom is 0.324 e. The fourth-order valence-corrected chi connectivity index (χ4v) is 2.73. The molecule has 120 valence electrons. The highest BCUT2D eigenvalue weighted by atomic mass is 16.2. The minimum absolute atomic E-state index is 0.0215. The van der Waals surface area contributed by atoms with Crippen LogP contribution < -0.4 is 11.1 Å². The van der Waals surface area contributed by atoms with E-state index in [1.807, 2.05) is 30.3 Å². The molecular formula is C16H14N6O2. The van der Waals surface area contributed by atoms with Gasteiger partial charge in [0.15, 0.2) is 5.82 Å². The van der Waals surface area contributed by atoms with Crippen molar-refractivity contribution in [1.82, 2.24) is 25.0 Å². The molecule has 1 fully saturated rings. The Hall–Kier alpha value is -3.42. The van der Waals surface area contributed by atoms with Gasteiger partial charge in [-0.1, -0.05) is 18.2 Å². The molecule has 1 aromatic carbocycles. The number of anilines is 1. The molecule has 3 aromatic rings. The van der Waals surface area contributed by atoms with E-state index in [0.717, 1.165) is 10.6 Å². The van der Waals surface area contributed by atoms with Crippen molar-refractivity contribution in [1.29, 1.82) is 0 Å². The number of rotatable bonds is 3. The number of carbonyl (C=O) groups is 2. The summed E-state index contributed by atoms with van der Waals surface area (Å²) in [6.45, 7) is 0.155. The number of hydrogen-bond donors (Lipinski definition) is 2. The monoisotopic (exact) mass is 322 g/mol. The number of nitrogen functional groups attached to an aromatic ring is 1. The van der Waals surface area contributed by atoms with Crippen molar-refractivity contribution in [3.05, 3.63) is 48.2 Å². The summed E-state index contributed by atoms with van der Waals surface area (Å²) in [6.07, 6.45) is 1.60. The largest absolute Gasteiger partial charge is 0.382 e. The second-order valence-electron chi connectivity index (χ2n) is 5.44. The molecule has 0 radical (unpaired) electrons. The number of fused-ring (bicyclic) bond motifs is 1. The number of urea groups is 1. The second-order valence-corrected chi connectivity index (χ2v) is 5.44. The van der Waals surface area contributed by atoms with Crippen LogP contribution in [0.5, 0.6) is 0 Å². The summed E-state index contributed by atoms with van der Waals surface area (Å²) in [6, 6.07) is 10.8. The average molecular weight is 322 g/mol. The lowest BCUT2D eigenvalue weighted by Gasteiger charge is -2.12. The van der Waals surface area contributed by atoms with E-state index in [2.05, 4.69) is 15.4 Å². The van der Waals surface area contributed by atoms with Gasteiger partial charge in [-0.2, -0.15) is 5.10 Å². The van der Waals surface area contributed by atoms with Crippen molar-refractivity contribution in [3.8, 4) is 5.69 Å². The number of carbonyl (C=O) groups excluding carboxylic acids is 2. The second kappa shape index (κ2) is 5.34. The first-order valence-electron chi connectivity index (χ1n) is 7.41. The van der Waals surface area contributed by atoms with Crippen LogP contribution >= 0.6 is 0 Å². The number of para-hydroxylation sites is 1. The Morgan fingerprint density at radius 2 is 1.92 bits per heavy atom. The molecule has 8 heteroatoms. The number of amides is 3. The summed E-state index contributed by atoms with van der Waals surface area (Å²) < 4.78 is 1.60. The van der Waals surface area contributed by atoms with Gasteiger partial charge in [0, 0.05) is 11.8 Å². The Balaban J connectivity index is 1.80. The molecule has 0 spiro atoms. The van der Waals surface area contributed by atoms with E-state index in [9.17, 15) is 9.59 Å². The SMILES string of the molecule is Nc1c2nccc(CN3C(=O)CNC3=O)c2nn1-c1ccccc1. The summed E-state index contributed by atoms with van der Waals surface area (Å²) >= 11 is 0. The zero-order chi connectivity index (χ0) is 16.7. The lowest BCUT2D eigenvalue weighted by molar-refractivity contribution is -0.125.